The highest BCUT2D eigenvalue weighted by molar-refractivity contribution is 9.10. The maximum atomic E-state index is 13.2. The molecule has 4 rings (SSSR count). The molecule has 1 fully saturated rings. The first-order chi connectivity index (χ1) is 16.8. The lowest BCUT2D eigenvalue weighted by Gasteiger charge is -2.15. The number of thioether (sulfide) groups is 1. The van der Waals surface area contributed by atoms with Gasteiger partial charge in [-0.05, 0) is 98.5 Å². The second kappa shape index (κ2) is 11.4. The number of halogens is 4. The molecule has 3 aromatic rings. The van der Waals surface area contributed by atoms with Gasteiger partial charge in [-0.3, -0.25) is 9.69 Å². The van der Waals surface area contributed by atoms with Gasteiger partial charge >= 0.3 is 0 Å². The van der Waals surface area contributed by atoms with Crippen LogP contribution < -0.4 is 14.4 Å². The van der Waals surface area contributed by atoms with Crippen molar-refractivity contribution in [2.45, 2.75) is 13.5 Å². The van der Waals surface area contributed by atoms with Crippen molar-refractivity contribution in [1.82, 2.24) is 0 Å². The summed E-state index contributed by atoms with van der Waals surface area (Å²) in [5.41, 5.74) is 2.16. The number of rotatable bonds is 7. The van der Waals surface area contributed by atoms with Gasteiger partial charge in [-0.2, -0.15) is 0 Å². The minimum absolute atomic E-state index is 0.232. The molecule has 1 heterocycles. The van der Waals surface area contributed by atoms with Gasteiger partial charge in [-0.15, -0.1) is 0 Å². The quantitative estimate of drug-likeness (QED) is 0.189. The molecule has 1 amide bonds. The maximum Gasteiger partial charge on any atom is 0.270 e. The standard InChI is InChI=1S/C25H17Br2ClFNO3S2/c1-2-32-21-10-15(9-19(27)23(21)33-13-14-3-5-16(29)6-4-14)11-22-24(31)30(25(34)35-22)17-7-8-18(26)20(28)12-17/h3-12H,2,13H2,1H3/b22-11-. The van der Waals surface area contributed by atoms with Crippen molar-refractivity contribution < 1.29 is 18.7 Å². The molecule has 0 spiro atoms. The first kappa shape index (κ1) is 26.2. The second-order valence-electron chi connectivity index (χ2n) is 7.29. The predicted octanol–water partition coefficient (Wildman–Crippen LogP) is 8.39. The largest absolute Gasteiger partial charge is 0.490 e. The summed E-state index contributed by atoms with van der Waals surface area (Å²) in [6, 6.07) is 15.0. The minimum Gasteiger partial charge on any atom is -0.490 e. The fourth-order valence-corrected chi connectivity index (χ4v) is 5.57. The number of nitrogens with zero attached hydrogens (tertiary/aromatic N) is 1. The summed E-state index contributed by atoms with van der Waals surface area (Å²) in [5, 5.41) is 0.488. The molecule has 0 atom stereocenters. The average Bonchev–Trinajstić information content (AvgIpc) is 3.09. The summed E-state index contributed by atoms with van der Waals surface area (Å²) in [6.45, 7) is 2.54. The molecule has 180 valence electrons. The number of hydrogen-bond donors (Lipinski definition) is 0. The number of anilines is 1. The molecular formula is C25H17Br2ClFNO3S2. The van der Waals surface area contributed by atoms with E-state index in [4.69, 9.17) is 33.3 Å². The van der Waals surface area contributed by atoms with E-state index in [1.54, 1.807) is 42.5 Å². The molecule has 0 aliphatic carbocycles. The minimum atomic E-state index is -0.303. The van der Waals surface area contributed by atoms with E-state index in [-0.39, 0.29) is 18.3 Å². The van der Waals surface area contributed by atoms with Gasteiger partial charge in [0.1, 0.15) is 12.4 Å². The number of carbonyl (C=O) groups is 1. The highest BCUT2D eigenvalue weighted by Gasteiger charge is 2.33. The molecule has 0 radical (unpaired) electrons. The number of thiocarbonyl (C=S) groups is 1. The van der Waals surface area contributed by atoms with E-state index in [0.717, 1.165) is 15.6 Å². The number of hydrogen-bond acceptors (Lipinski definition) is 5. The van der Waals surface area contributed by atoms with E-state index in [1.165, 1.54) is 28.8 Å². The second-order valence-corrected chi connectivity index (χ2v) is 11.1. The summed E-state index contributed by atoms with van der Waals surface area (Å²) in [7, 11) is 0. The third-order valence-corrected chi connectivity index (χ3v) is 8.00. The Balaban J connectivity index is 1.60. The topological polar surface area (TPSA) is 38.8 Å². The van der Waals surface area contributed by atoms with Crippen molar-refractivity contribution in [2.75, 3.05) is 11.5 Å². The van der Waals surface area contributed by atoms with Crippen LogP contribution in [0.3, 0.4) is 0 Å². The van der Waals surface area contributed by atoms with Crippen LogP contribution in [-0.2, 0) is 11.4 Å². The number of benzene rings is 3. The monoisotopic (exact) mass is 655 g/mol. The van der Waals surface area contributed by atoms with Crippen molar-refractivity contribution in [3.8, 4) is 11.5 Å². The Morgan fingerprint density at radius 1 is 1.09 bits per heavy atom. The number of carbonyl (C=O) groups excluding carboxylic acids is 1. The Bertz CT molecular complexity index is 1340. The first-order valence-electron chi connectivity index (χ1n) is 10.3. The Kier molecular flexibility index (Phi) is 8.54. The van der Waals surface area contributed by atoms with E-state index in [1.807, 2.05) is 13.0 Å². The lowest BCUT2D eigenvalue weighted by molar-refractivity contribution is -0.113. The molecule has 0 N–H and O–H groups in total. The third-order valence-electron chi connectivity index (χ3n) is 4.88. The first-order valence-corrected chi connectivity index (χ1v) is 13.5. The summed E-state index contributed by atoms with van der Waals surface area (Å²) < 4.78 is 26.8. The van der Waals surface area contributed by atoms with Gasteiger partial charge in [0.05, 0.1) is 26.7 Å². The fraction of sp³-hybridized carbons (Fsp3) is 0.120. The summed E-state index contributed by atoms with van der Waals surface area (Å²) in [5.74, 6) is 0.503. The van der Waals surface area contributed by atoms with Crippen molar-refractivity contribution in [3.63, 3.8) is 0 Å². The van der Waals surface area contributed by atoms with E-state index < -0.39 is 0 Å². The van der Waals surface area contributed by atoms with Crippen LogP contribution in [0, 0.1) is 5.82 Å². The van der Waals surface area contributed by atoms with E-state index in [0.29, 0.717) is 42.5 Å². The van der Waals surface area contributed by atoms with E-state index in [9.17, 15) is 9.18 Å². The zero-order chi connectivity index (χ0) is 25.1. The summed E-state index contributed by atoms with van der Waals surface area (Å²) in [4.78, 5) is 15.1. The van der Waals surface area contributed by atoms with Gasteiger partial charge in [-0.1, -0.05) is 47.7 Å². The zero-order valence-corrected chi connectivity index (χ0v) is 23.7. The molecule has 1 aliphatic rings. The van der Waals surface area contributed by atoms with Gasteiger partial charge in [0.15, 0.2) is 15.8 Å². The number of ether oxygens (including phenoxy) is 2. The van der Waals surface area contributed by atoms with E-state index >= 15 is 0 Å². The summed E-state index contributed by atoms with van der Waals surface area (Å²) >= 11 is 19.8. The molecule has 35 heavy (non-hydrogen) atoms. The molecule has 0 aromatic heterocycles. The van der Waals surface area contributed by atoms with Crippen LogP contribution in [0.25, 0.3) is 6.08 Å². The van der Waals surface area contributed by atoms with Gasteiger partial charge in [0.25, 0.3) is 5.91 Å². The molecule has 0 saturated carbocycles. The molecule has 1 aliphatic heterocycles. The lowest BCUT2D eigenvalue weighted by Crippen LogP contribution is -2.27. The number of amides is 1. The Morgan fingerprint density at radius 3 is 2.51 bits per heavy atom. The Morgan fingerprint density at radius 2 is 1.83 bits per heavy atom. The van der Waals surface area contributed by atoms with Gasteiger partial charge < -0.3 is 9.47 Å². The van der Waals surface area contributed by atoms with Gasteiger partial charge in [-0.25, -0.2) is 4.39 Å². The lowest BCUT2D eigenvalue weighted by atomic mass is 10.1. The summed E-state index contributed by atoms with van der Waals surface area (Å²) in [6.07, 6.45) is 1.76. The molecule has 4 nitrogen and oxygen atoms in total. The Hall–Kier alpha value is -1.91. The van der Waals surface area contributed by atoms with Crippen molar-refractivity contribution >= 4 is 89.4 Å². The maximum absolute atomic E-state index is 13.2. The molecule has 0 bridgehead atoms. The smallest absolute Gasteiger partial charge is 0.270 e. The van der Waals surface area contributed by atoms with Gasteiger partial charge in [0.2, 0.25) is 0 Å². The molecule has 0 unspecified atom stereocenters. The van der Waals surface area contributed by atoms with Crippen molar-refractivity contribution in [2.24, 2.45) is 0 Å². The molecule has 1 saturated heterocycles. The Labute approximate surface area is 233 Å². The van der Waals surface area contributed by atoms with Gasteiger partial charge in [0, 0.05) is 4.47 Å². The fourth-order valence-electron chi connectivity index (χ4n) is 3.28. The van der Waals surface area contributed by atoms with E-state index in [2.05, 4.69) is 31.9 Å². The van der Waals surface area contributed by atoms with Crippen LogP contribution >= 0.6 is 67.4 Å². The highest BCUT2D eigenvalue weighted by atomic mass is 79.9. The zero-order valence-electron chi connectivity index (χ0n) is 18.2. The third kappa shape index (κ3) is 6.09. The van der Waals surface area contributed by atoms with Crippen molar-refractivity contribution in [3.05, 3.63) is 90.4 Å². The predicted molar refractivity (Wildman–Crippen MR) is 151 cm³/mol. The normalized spacial score (nSPS) is 14.7. The van der Waals surface area contributed by atoms with Crippen LogP contribution in [0.15, 0.2) is 68.4 Å². The molecule has 10 heteroatoms. The van der Waals surface area contributed by atoms with Crippen LogP contribution in [0.5, 0.6) is 11.5 Å². The van der Waals surface area contributed by atoms with Crippen LogP contribution in [0.2, 0.25) is 5.02 Å². The van der Waals surface area contributed by atoms with Crippen LogP contribution in [0.1, 0.15) is 18.1 Å². The highest BCUT2D eigenvalue weighted by Crippen LogP contribution is 2.41. The van der Waals surface area contributed by atoms with Crippen LogP contribution in [-0.4, -0.2) is 16.8 Å². The molecule has 3 aromatic carbocycles. The molecular weight excluding hydrogens is 641 g/mol. The average molecular weight is 658 g/mol. The van der Waals surface area contributed by atoms with Crippen molar-refractivity contribution in [1.29, 1.82) is 0 Å². The SMILES string of the molecule is CCOc1cc(/C=C2\SC(=S)N(c3ccc(Br)c(Cl)c3)C2=O)cc(Br)c1OCc1ccc(F)cc1. The van der Waals surface area contributed by atoms with Crippen LogP contribution in [0.4, 0.5) is 10.1 Å².